The van der Waals surface area contributed by atoms with Gasteiger partial charge in [0.25, 0.3) is 0 Å². The van der Waals surface area contributed by atoms with Gasteiger partial charge in [0.1, 0.15) is 5.75 Å². The second-order valence-electron chi connectivity index (χ2n) is 4.49. The minimum Gasteiger partial charge on any atom is -0.491 e. The average molecular weight is 285 g/mol. The first kappa shape index (κ1) is 14.0. The van der Waals surface area contributed by atoms with Crippen LogP contribution in [0.4, 0.5) is 10.5 Å². The number of nitrogens with one attached hydrogen (secondary N) is 2. The van der Waals surface area contributed by atoms with Gasteiger partial charge in [0, 0.05) is 24.1 Å². The molecule has 1 aliphatic heterocycles. The summed E-state index contributed by atoms with van der Waals surface area (Å²) in [5.74, 6) is 0.707. The van der Waals surface area contributed by atoms with E-state index in [1.807, 2.05) is 13.0 Å². The predicted octanol–water partition coefficient (Wildman–Crippen LogP) is 2.43. The van der Waals surface area contributed by atoms with E-state index < -0.39 is 0 Å². The Labute approximate surface area is 117 Å². The van der Waals surface area contributed by atoms with Crippen molar-refractivity contribution in [2.24, 2.45) is 0 Å². The fourth-order valence-corrected chi connectivity index (χ4v) is 2.28. The van der Waals surface area contributed by atoms with Crippen LogP contribution >= 0.6 is 11.6 Å². The highest BCUT2D eigenvalue weighted by Gasteiger charge is 2.19. The number of urea groups is 1. The van der Waals surface area contributed by atoms with E-state index in [4.69, 9.17) is 21.1 Å². The lowest BCUT2D eigenvalue weighted by Gasteiger charge is -2.15. The van der Waals surface area contributed by atoms with Gasteiger partial charge in [0.05, 0.1) is 24.9 Å². The summed E-state index contributed by atoms with van der Waals surface area (Å²) in [5.41, 5.74) is 1.62. The maximum absolute atomic E-state index is 11.8. The van der Waals surface area contributed by atoms with Gasteiger partial charge in [-0.2, -0.15) is 0 Å². The number of benzene rings is 1. The van der Waals surface area contributed by atoms with E-state index in [0.29, 0.717) is 29.7 Å². The normalized spacial score (nSPS) is 14.5. The minimum absolute atomic E-state index is 0.0712. The Bertz CT molecular complexity index is 479. The topological polar surface area (TPSA) is 59.6 Å². The van der Waals surface area contributed by atoms with Crippen LogP contribution in [0.3, 0.4) is 0 Å². The van der Waals surface area contributed by atoms with Crippen LogP contribution in [0.1, 0.15) is 12.5 Å². The summed E-state index contributed by atoms with van der Waals surface area (Å²) in [7, 11) is 1.59. The van der Waals surface area contributed by atoms with Crippen molar-refractivity contribution in [3.8, 4) is 5.75 Å². The first-order valence-corrected chi connectivity index (χ1v) is 6.49. The summed E-state index contributed by atoms with van der Waals surface area (Å²) >= 11 is 6.02. The number of carbonyl (C=O) groups is 1. The minimum atomic E-state index is -0.301. The fraction of sp³-hybridized carbons (Fsp3) is 0.462. The summed E-state index contributed by atoms with van der Waals surface area (Å²) in [6.07, 6.45) is 0.812. The number of carbonyl (C=O) groups excluding carboxylic acids is 1. The number of rotatable bonds is 4. The molecule has 1 atom stereocenters. The summed E-state index contributed by atoms with van der Waals surface area (Å²) < 4.78 is 10.5. The van der Waals surface area contributed by atoms with Crippen molar-refractivity contribution >= 4 is 23.3 Å². The van der Waals surface area contributed by atoms with Gasteiger partial charge in [0.2, 0.25) is 0 Å². The Morgan fingerprint density at radius 2 is 2.37 bits per heavy atom. The SMILES string of the molecule is COCC(C)NC(=O)Nc1cc(Cl)cc2c1OCC2. The third-order valence-corrected chi connectivity index (χ3v) is 3.01. The van der Waals surface area contributed by atoms with Crippen molar-refractivity contribution in [1.29, 1.82) is 0 Å². The average Bonchev–Trinajstić information content (AvgIpc) is 2.76. The van der Waals surface area contributed by atoms with Crippen LogP contribution in [0.15, 0.2) is 12.1 Å². The Kier molecular flexibility index (Phi) is 4.50. The number of anilines is 1. The number of methoxy groups -OCH3 is 1. The van der Waals surface area contributed by atoms with E-state index in [0.717, 1.165) is 12.0 Å². The lowest BCUT2D eigenvalue weighted by Crippen LogP contribution is -2.38. The largest absolute Gasteiger partial charge is 0.491 e. The van der Waals surface area contributed by atoms with E-state index in [1.165, 1.54) is 0 Å². The number of amides is 2. The van der Waals surface area contributed by atoms with Gasteiger partial charge in [-0.25, -0.2) is 4.79 Å². The van der Waals surface area contributed by atoms with E-state index in [-0.39, 0.29) is 12.1 Å². The first-order valence-electron chi connectivity index (χ1n) is 6.12. The second kappa shape index (κ2) is 6.12. The molecular formula is C13H17ClN2O3. The summed E-state index contributed by atoms with van der Waals surface area (Å²) in [6, 6.07) is 3.18. The van der Waals surface area contributed by atoms with E-state index in [1.54, 1.807) is 13.2 Å². The molecule has 1 aliphatic rings. The van der Waals surface area contributed by atoms with E-state index in [2.05, 4.69) is 10.6 Å². The smallest absolute Gasteiger partial charge is 0.319 e. The highest BCUT2D eigenvalue weighted by Crippen LogP contribution is 2.36. The molecule has 0 spiro atoms. The van der Waals surface area contributed by atoms with Crippen LogP contribution in [0, 0.1) is 0 Å². The fourth-order valence-electron chi connectivity index (χ4n) is 2.04. The molecule has 6 heteroatoms. The molecule has 0 saturated carbocycles. The lowest BCUT2D eigenvalue weighted by atomic mass is 10.1. The Balaban J connectivity index is 2.05. The van der Waals surface area contributed by atoms with Crippen molar-refractivity contribution in [2.45, 2.75) is 19.4 Å². The van der Waals surface area contributed by atoms with E-state index >= 15 is 0 Å². The monoisotopic (exact) mass is 284 g/mol. The number of halogens is 1. The van der Waals surface area contributed by atoms with Gasteiger partial charge in [-0.1, -0.05) is 11.6 Å². The van der Waals surface area contributed by atoms with Crippen LogP contribution in [0.2, 0.25) is 5.02 Å². The molecule has 2 rings (SSSR count). The molecule has 1 heterocycles. The van der Waals surface area contributed by atoms with Crippen LogP contribution in [-0.4, -0.2) is 32.4 Å². The molecule has 5 nitrogen and oxygen atoms in total. The third kappa shape index (κ3) is 3.52. The number of fused-ring (bicyclic) bond motifs is 1. The zero-order valence-electron chi connectivity index (χ0n) is 11.0. The molecule has 1 aromatic carbocycles. The Morgan fingerprint density at radius 3 is 3.11 bits per heavy atom. The maximum atomic E-state index is 11.8. The van der Waals surface area contributed by atoms with Crippen molar-refractivity contribution < 1.29 is 14.3 Å². The molecule has 0 radical (unpaired) electrons. The third-order valence-electron chi connectivity index (χ3n) is 2.79. The van der Waals surface area contributed by atoms with Crippen LogP contribution in [0.5, 0.6) is 5.75 Å². The van der Waals surface area contributed by atoms with Crippen LogP contribution < -0.4 is 15.4 Å². The zero-order valence-corrected chi connectivity index (χ0v) is 11.7. The lowest BCUT2D eigenvalue weighted by molar-refractivity contribution is 0.173. The molecule has 2 amide bonds. The van der Waals surface area contributed by atoms with E-state index in [9.17, 15) is 4.79 Å². The number of hydrogen-bond donors (Lipinski definition) is 2. The predicted molar refractivity (Wildman–Crippen MR) is 74.1 cm³/mol. The molecule has 19 heavy (non-hydrogen) atoms. The molecule has 0 aliphatic carbocycles. The second-order valence-corrected chi connectivity index (χ2v) is 4.93. The summed E-state index contributed by atoms with van der Waals surface area (Å²) in [5, 5.41) is 6.11. The number of ether oxygens (including phenoxy) is 2. The van der Waals surface area contributed by atoms with Crippen molar-refractivity contribution in [3.63, 3.8) is 0 Å². The van der Waals surface area contributed by atoms with Gasteiger partial charge in [-0.15, -0.1) is 0 Å². The van der Waals surface area contributed by atoms with Crippen LogP contribution in [-0.2, 0) is 11.2 Å². The van der Waals surface area contributed by atoms with Gasteiger partial charge < -0.3 is 20.1 Å². The standard InChI is InChI=1S/C13H17ClN2O3/c1-8(7-18-2)15-13(17)16-11-6-10(14)5-9-3-4-19-12(9)11/h5-6,8H,3-4,7H2,1-2H3,(H2,15,16,17). The van der Waals surface area contributed by atoms with Gasteiger partial charge in [-0.3, -0.25) is 0 Å². The van der Waals surface area contributed by atoms with Crippen LogP contribution in [0.25, 0.3) is 0 Å². The molecule has 2 N–H and O–H groups in total. The molecule has 1 unspecified atom stereocenters. The molecule has 104 valence electrons. The molecular weight excluding hydrogens is 268 g/mol. The van der Waals surface area contributed by atoms with Crippen molar-refractivity contribution in [3.05, 3.63) is 22.7 Å². The maximum Gasteiger partial charge on any atom is 0.319 e. The molecule has 0 fully saturated rings. The first-order chi connectivity index (χ1) is 9.10. The molecule has 0 bridgehead atoms. The zero-order chi connectivity index (χ0) is 13.8. The van der Waals surface area contributed by atoms with Gasteiger partial charge in [-0.05, 0) is 19.1 Å². The van der Waals surface area contributed by atoms with Crippen molar-refractivity contribution in [2.75, 3.05) is 25.6 Å². The number of hydrogen-bond acceptors (Lipinski definition) is 3. The van der Waals surface area contributed by atoms with Gasteiger partial charge >= 0.3 is 6.03 Å². The van der Waals surface area contributed by atoms with Gasteiger partial charge in [0.15, 0.2) is 0 Å². The molecule has 1 aromatic rings. The Morgan fingerprint density at radius 1 is 1.58 bits per heavy atom. The Hall–Kier alpha value is -1.46. The molecule has 0 aromatic heterocycles. The highest BCUT2D eigenvalue weighted by atomic mass is 35.5. The summed E-state index contributed by atoms with van der Waals surface area (Å²) in [6.45, 7) is 2.94. The van der Waals surface area contributed by atoms with Crippen molar-refractivity contribution in [1.82, 2.24) is 5.32 Å². The molecule has 0 saturated heterocycles. The highest BCUT2D eigenvalue weighted by molar-refractivity contribution is 6.31. The quantitative estimate of drug-likeness (QED) is 0.893. The summed E-state index contributed by atoms with van der Waals surface area (Å²) in [4.78, 5) is 11.8.